The summed E-state index contributed by atoms with van der Waals surface area (Å²) in [6, 6.07) is 0.893. The van der Waals surface area contributed by atoms with E-state index in [-0.39, 0.29) is 0 Å². The summed E-state index contributed by atoms with van der Waals surface area (Å²) in [6.07, 6.45) is 10.3. The van der Waals surface area contributed by atoms with Gasteiger partial charge in [-0.1, -0.05) is 19.3 Å². The predicted molar refractivity (Wildman–Crippen MR) is 67.5 cm³/mol. The predicted octanol–water partition coefficient (Wildman–Crippen LogP) is 2.25. The van der Waals surface area contributed by atoms with Gasteiger partial charge in [0, 0.05) is 12.6 Å². The molecular formula is C14H26N2. The first kappa shape index (κ1) is 11.0. The van der Waals surface area contributed by atoms with Gasteiger partial charge in [0.1, 0.15) is 0 Å². The molecule has 1 aliphatic heterocycles. The molecule has 0 aromatic heterocycles. The summed E-state index contributed by atoms with van der Waals surface area (Å²) in [5, 5.41) is 3.68. The summed E-state index contributed by atoms with van der Waals surface area (Å²) in [4.78, 5) is 2.71. The first-order valence-corrected chi connectivity index (χ1v) is 7.36. The van der Waals surface area contributed by atoms with Gasteiger partial charge >= 0.3 is 0 Å². The van der Waals surface area contributed by atoms with Gasteiger partial charge in [0.15, 0.2) is 0 Å². The zero-order chi connectivity index (χ0) is 10.8. The molecule has 1 unspecified atom stereocenters. The van der Waals surface area contributed by atoms with Crippen molar-refractivity contribution in [3.05, 3.63) is 0 Å². The number of hydrogen-bond donors (Lipinski definition) is 1. The third kappa shape index (κ3) is 2.98. The summed E-state index contributed by atoms with van der Waals surface area (Å²) in [6.45, 7) is 5.39. The molecule has 0 aromatic carbocycles. The van der Waals surface area contributed by atoms with Gasteiger partial charge in [-0.3, -0.25) is 0 Å². The number of nitrogens with one attached hydrogen (secondary N) is 1. The Morgan fingerprint density at radius 3 is 2.56 bits per heavy atom. The van der Waals surface area contributed by atoms with E-state index in [2.05, 4.69) is 10.2 Å². The van der Waals surface area contributed by atoms with Crippen LogP contribution in [-0.4, -0.2) is 37.1 Å². The fourth-order valence-corrected chi connectivity index (χ4v) is 3.05. The summed E-state index contributed by atoms with van der Waals surface area (Å²) >= 11 is 0. The van der Waals surface area contributed by atoms with Gasteiger partial charge in [-0.25, -0.2) is 0 Å². The van der Waals surface area contributed by atoms with Crippen molar-refractivity contribution >= 4 is 0 Å². The second-order valence-corrected chi connectivity index (χ2v) is 6.22. The van der Waals surface area contributed by atoms with Gasteiger partial charge in [-0.15, -0.1) is 0 Å². The van der Waals surface area contributed by atoms with Crippen molar-refractivity contribution < 1.29 is 0 Å². The van der Waals surface area contributed by atoms with Crippen LogP contribution < -0.4 is 5.32 Å². The van der Waals surface area contributed by atoms with E-state index in [1.54, 1.807) is 0 Å². The summed E-state index contributed by atoms with van der Waals surface area (Å²) in [5.41, 5.74) is 0. The minimum atomic E-state index is 0.893. The number of nitrogens with zero attached hydrogens (tertiary/aromatic N) is 1. The Bertz CT molecular complexity index is 221. The highest BCUT2D eigenvalue weighted by Crippen LogP contribution is 2.30. The zero-order valence-corrected chi connectivity index (χ0v) is 10.5. The number of hydrogen-bond acceptors (Lipinski definition) is 2. The van der Waals surface area contributed by atoms with E-state index >= 15 is 0 Å². The van der Waals surface area contributed by atoms with Crippen LogP contribution in [0.3, 0.4) is 0 Å². The Labute approximate surface area is 99.8 Å². The van der Waals surface area contributed by atoms with Gasteiger partial charge < -0.3 is 10.2 Å². The monoisotopic (exact) mass is 222 g/mol. The Morgan fingerprint density at radius 1 is 1.00 bits per heavy atom. The van der Waals surface area contributed by atoms with Gasteiger partial charge in [-0.2, -0.15) is 0 Å². The van der Waals surface area contributed by atoms with Crippen LogP contribution in [0.5, 0.6) is 0 Å². The summed E-state index contributed by atoms with van der Waals surface area (Å²) in [5.74, 6) is 2.03. The highest BCUT2D eigenvalue weighted by atomic mass is 15.1. The molecule has 0 amide bonds. The van der Waals surface area contributed by atoms with Crippen molar-refractivity contribution in [2.24, 2.45) is 11.8 Å². The van der Waals surface area contributed by atoms with E-state index in [0.29, 0.717) is 0 Å². The lowest BCUT2D eigenvalue weighted by atomic mass is 9.83. The third-order valence-corrected chi connectivity index (χ3v) is 4.72. The molecule has 0 aromatic rings. The first-order valence-electron chi connectivity index (χ1n) is 7.36. The molecule has 1 saturated heterocycles. The molecule has 0 radical (unpaired) electrons. The molecule has 16 heavy (non-hydrogen) atoms. The second kappa shape index (κ2) is 5.05. The molecule has 3 rings (SSSR count). The standard InChI is InChI=1S/C14H26N2/c1-2-12(3-1)6-8-16-9-7-13(11-16)10-15-14-4-5-14/h12-15H,1-11H2. The minimum Gasteiger partial charge on any atom is -0.314 e. The maximum Gasteiger partial charge on any atom is 0.00683 e. The Hall–Kier alpha value is -0.0800. The largest absolute Gasteiger partial charge is 0.314 e. The molecular weight excluding hydrogens is 196 g/mol. The third-order valence-electron chi connectivity index (χ3n) is 4.72. The number of rotatable bonds is 6. The molecule has 92 valence electrons. The average molecular weight is 222 g/mol. The molecule has 1 N–H and O–H groups in total. The van der Waals surface area contributed by atoms with Crippen molar-refractivity contribution in [3.8, 4) is 0 Å². The quantitative estimate of drug-likeness (QED) is 0.741. The SMILES string of the molecule is C1CC(CCN2CCC(CNC3CC3)C2)C1. The maximum absolute atomic E-state index is 3.68. The van der Waals surface area contributed by atoms with Crippen LogP contribution in [0.2, 0.25) is 0 Å². The van der Waals surface area contributed by atoms with Crippen molar-refractivity contribution in [2.75, 3.05) is 26.2 Å². The van der Waals surface area contributed by atoms with Crippen LogP contribution in [-0.2, 0) is 0 Å². The topological polar surface area (TPSA) is 15.3 Å². The fourth-order valence-electron chi connectivity index (χ4n) is 3.05. The van der Waals surface area contributed by atoms with Crippen LogP contribution in [0, 0.1) is 11.8 Å². The normalized spacial score (nSPS) is 31.9. The van der Waals surface area contributed by atoms with Crippen molar-refractivity contribution in [2.45, 2.75) is 51.0 Å². The average Bonchev–Trinajstić information content (AvgIpc) is 2.94. The smallest absolute Gasteiger partial charge is 0.00683 e. The van der Waals surface area contributed by atoms with Crippen LogP contribution in [0.15, 0.2) is 0 Å². The van der Waals surface area contributed by atoms with Gasteiger partial charge in [0.2, 0.25) is 0 Å². The van der Waals surface area contributed by atoms with Crippen LogP contribution >= 0.6 is 0 Å². The Balaban J connectivity index is 1.29. The van der Waals surface area contributed by atoms with E-state index in [0.717, 1.165) is 17.9 Å². The fraction of sp³-hybridized carbons (Fsp3) is 1.00. The molecule has 1 atom stereocenters. The van der Waals surface area contributed by atoms with Crippen molar-refractivity contribution in [3.63, 3.8) is 0 Å². The molecule has 3 fully saturated rings. The summed E-state index contributed by atoms with van der Waals surface area (Å²) in [7, 11) is 0. The highest BCUT2D eigenvalue weighted by molar-refractivity contribution is 4.85. The Kier molecular flexibility index (Phi) is 3.49. The van der Waals surface area contributed by atoms with Gasteiger partial charge in [-0.05, 0) is 57.2 Å². The van der Waals surface area contributed by atoms with Crippen LogP contribution in [0.1, 0.15) is 44.9 Å². The molecule has 0 spiro atoms. The molecule has 1 heterocycles. The summed E-state index contributed by atoms with van der Waals surface area (Å²) < 4.78 is 0. The molecule has 2 nitrogen and oxygen atoms in total. The maximum atomic E-state index is 3.68. The second-order valence-electron chi connectivity index (χ2n) is 6.22. The van der Waals surface area contributed by atoms with E-state index in [1.165, 1.54) is 71.1 Å². The minimum absolute atomic E-state index is 0.893. The van der Waals surface area contributed by atoms with Crippen LogP contribution in [0.25, 0.3) is 0 Å². The van der Waals surface area contributed by atoms with Gasteiger partial charge in [0.25, 0.3) is 0 Å². The highest BCUT2D eigenvalue weighted by Gasteiger charge is 2.26. The van der Waals surface area contributed by atoms with E-state index in [1.807, 2.05) is 0 Å². The lowest BCUT2D eigenvalue weighted by Crippen LogP contribution is -2.29. The molecule has 2 saturated carbocycles. The molecule has 2 aliphatic carbocycles. The van der Waals surface area contributed by atoms with Crippen molar-refractivity contribution in [1.29, 1.82) is 0 Å². The molecule has 0 bridgehead atoms. The number of likely N-dealkylation sites (tertiary alicyclic amines) is 1. The Morgan fingerprint density at radius 2 is 1.88 bits per heavy atom. The van der Waals surface area contributed by atoms with Gasteiger partial charge in [0.05, 0.1) is 0 Å². The van der Waals surface area contributed by atoms with E-state index in [9.17, 15) is 0 Å². The van der Waals surface area contributed by atoms with E-state index in [4.69, 9.17) is 0 Å². The molecule has 3 aliphatic rings. The van der Waals surface area contributed by atoms with Crippen molar-refractivity contribution in [1.82, 2.24) is 10.2 Å². The zero-order valence-electron chi connectivity index (χ0n) is 10.5. The first-order chi connectivity index (χ1) is 7.90. The van der Waals surface area contributed by atoms with Crippen LogP contribution in [0.4, 0.5) is 0 Å². The van der Waals surface area contributed by atoms with E-state index < -0.39 is 0 Å². The lowest BCUT2D eigenvalue weighted by Gasteiger charge is -2.27. The lowest BCUT2D eigenvalue weighted by molar-refractivity contribution is 0.234. The molecule has 2 heteroatoms.